The number of carbonyl (C=O) groups excluding carboxylic acids is 2. The normalized spacial score (nSPS) is 28.4. The molecule has 3 rings (SSSR count). The van der Waals surface area contributed by atoms with Crippen LogP contribution in [0.5, 0.6) is 0 Å². The van der Waals surface area contributed by atoms with Crippen molar-refractivity contribution in [3.05, 3.63) is 0 Å². The molecular formula is C14H22N2O4. The zero-order valence-corrected chi connectivity index (χ0v) is 11.8. The van der Waals surface area contributed by atoms with Gasteiger partial charge in [0.05, 0.1) is 26.4 Å². The van der Waals surface area contributed by atoms with Gasteiger partial charge >= 0.3 is 0 Å². The van der Waals surface area contributed by atoms with Crippen molar-refractivity contribution in [1.29, 1.82) is 0 Å². The highest BCUT2D eigenvalue weighted by atomic mass is 16.5. The number of morpholine rings is 2. The predicted octanol–water partition coefficient (Wildman–Crippen LogP) is -0.475. The molecule has 0 aromatic heterocycles. The minimum absolute atomic E-state index is 0.132. The van der Waals surface area contributed by atoms with E-state index >= 15 is 0 Å². The van der Waals surface area contributed by atoms with Crippen molar-refractivity contribution in [3.63, 3.8) is 0 Å². The average Bonchev–Trinajstić information content (AvgIpc) is 3.32. The van der Waals surface area contributed by atoms with Crippen LogP contribution in [0.25, 0.3) is 0 Å². The van der Waals surface area contributed by atoms with E-state index in [9.17, 15) is 9.59 Å². The van der Waals surface area contributed by atoms with Crippen LogP contribution in [0.15, 0.2) is 0 Å². The highest BCUT2D eigenvalue weighted by Gasteiger charge is 2.37. The van der Waals surface area contributed by atoms with Crippen LogP contribution in [0.2, 0.25) is 0 Å². The lowest BCUT2D eigenvalue weighted by atomic mass is 10.1. The third-order valence-electron chi connectivity index (χ3n) is 4.17. The second-order valence-electron chi connectivity index (χ2n) is 5.76. The molecule has 2 saturated heterocycles. The smallest absolute Gasteiger partial charge is 0.236 e. The lowest BCUT2D eigenvalue weighted by Gasteiger charge is -2.34. The molecule has 6 heteroatoms. The number of ether oxygens (including phenoxy) is 2. The monoisotopic (exact) mass is 282 g/mol. The fourth-order valence-electron chi connectivity index (χ4n) is 2.75. The maximum Gasteiger partial charge on any atom is 0.236 e. The number of hydrogen-bond donors (Lipinski definition) is 0. The van der Waals surface area contributed by atoms with E-state index in [-0.39, 0.29) is 23.7 Å². The zero-order valence-electron chi connectivity index (χ0n) is 11.8. The van der Waals surface area contributed by atoms with Crippen molar-refractivity contribution in [3.8, 4) is 0 Å². The van der Waals surface area contributed by atoms with Crippen molar-refractivity contribution >= 4 is 11.7 Å². The molecule has 0 spiro atoms. The summed E-state index contributed by atoms with van der Waals surface area (Å²) >= 11 is 0. The molecule has 1 unspecified atom stereocenters. The molecule has 0 aromatic rings. The van der Waals surface area contributed by atoms with Crippen LogP contribution in [0.1, 0.15) is 12.8 Å². The summed E-state index contributed by atoms with van der Waals surface area (Å²) in [4.78, 5) is 28.1. The van der Waals surface area contributed by atoms with E-state index in [1.54, 1.807) is 0 Å². The number of nitrogens with zero attached hydrogens (tertiary/aromatic N) is 2. The topological polar surface area (TPSA) is 59.1 Å². The Labute approximate surface area is 119 Å². The van der Waals surface area contributed by atoms with Gasteiger partial charge in [0.1, 0.15) is 6.10 Å². The number of Topliss-reactive ketones (excluding diaryl/α,β-unsaturated/α-hetero) is 1. The molecule has 0 aromatic carbocycles. The van der Waals surface area contributed by atoms with Crippen LogP contribution in [-0.2, 0) is 19.1 Å². The first-order valence-corrected chi connectivity index (χ1v) is 7.47. The van der Waals surface area contributed by atoms with E-state index in [1.165, 1.54) is 0 Å². The molecule has 0 N–H and O–H groups in total. The van der Waals surface area contributed by atoms with Gasteiger partial charge < -0.3 is 14.4 Å². The Morgan fingerprint density at radius 1 is 1.05 bits per heavy atom. The van der Waals surface area contributed by atoms with Crippen LogP contribution in [0.4, 0.5) is 0 Å². The van der Waals surface area contributed by atoms with Gasteiger partial charge in [-0.2, -0.15) is 0 Å². The maximum absolute atomic E-state index is 12.2. The zero-order chi connectivity index (χ0) is 13.9. The highest BCUT2D eigenvalue weighted by molar-refractivity contribution is 5.87. The summed E-state index contributed by atoms with van der Waals surface area (Å²) in [5, 5.41) is 0. The van der Waals surface area contributed by atoms with Gasteiger partial charge in [0.25, 0.3) is 0 Å². The van der Waals surface area contributed by atoms with Crippen molar-refractivity contribution < 1.29 is 19.1 Å². The summed E-state index contributed by atoms with van der Waals surface area (Å²) in [6, 6.07) is 0. The standard InChI is InChI=1S/C14H22N2O4/c17-13(16-4-6-19-7-5-16)10-15-3-8-20-12(9-15)14(18)11-1-2-11/h11-12H,1-10H2. The molecule has 0 bridgehead atoms. The summed E-state index contributed by atoms with van der Waals surface area (Å²) in [5.41, 5.74) is 0. The van der Waals surface area contributed by atoms with Crippen LogP contribution in [0, 0.1) is 5.92 Å². The Morgan fingerprint density at radius 2 is 1.80 bits per heavy atom. The van der Waals surface area contributed by atoms with Gasteiger partial charge in [-0.1, -0.05) is 0 Å². The van der Waals surface area contributed by atoms with Crippen LogP contribution in [0.3, 0.4) is 0 Å². The number of amides is 1. The van der Waals surface area contributed by atoms with Gasteiger partial charge in [-0.05, 0) is 12.8 Å². The first-order chi connectivity index (χ1) is 9.74. The van der Waals surface area contributed by atoms with Gasteiger partial charge in [0.2, 0.25) is 5.91 Å². The maximum atomic E-state index is 12.2. The second kappa shape index (κ2) is 6.20. The molecule has 1 amide bonds. The molecule has 2 aliphatic heterocycles. The summed E-state index contributed by atoms with van der Waals surface area (Å²) in [6.07, 6.45) is 1.69. The molecule has 1 atom stereocenters. The first-order valence-electron chi connectivity index (χ1n) is 7.47. The second-order valence-corrected chi connectivity index (χ2v) is 5.76. The number of hydrogen-bond acceptors (Lipinski definition) is 5. The molecular weight excluding hydrogens is 260 g/mol. The molecule has 2 heterocycles. The van der Waals surface area contributed by atoms with E-state index in [0.29, 0.717) is 46.0 Å². The third-order valence-corrected chi connectivity index (χ3v) is 4.17. The Bertz CT molecular complexity index is 377. The minimum Gasteiger partial charge on any atom is -0.378 e. The summed E-state index contributed by atoms with van der Waals surface area (Å²) in [6.45, 7) is 4.81. The molecule has 20 heavy (non-hydrogen) atoms. The molecule has 3 fully saturated rings. The van der Waals surface area contributed by atoms with E-state index in [4.69, 9.17) is 9.47 Å². The van der Waals surface area contributed by atoms with Gasteiger partial charge in [0, 0.05) is 32.1 Å². The molecule has 1 saturated carbocycles. The fourth-order valence-corrected chi connectivity index (χ4v) is 2.75. The highest BCUT2D eigenvalue weighted by Crippen LogP contribution is 2.32. The molecule has 6 nitrogen and oxygen atoms in total. The Kier molecular flexibility index (Phi) is 4.33. The number of rotatable bonds is 4. The van der Waals surface area contributed by atoms with Crippen molar-refractivity contribution in [2.24, 2.45) is 5.92 Å². The van der Waals surface area contributed by atoms with Crippen molar-refractivity contribution in [2.45, 2.75) is 18.9 Å². The van der Waals surface area contributed by atoms with Gasteiger partial charge in [-0.15, -0.1) is 0 Å². The summed E-state index contributed by atoms with van der Waals surface area (Å²) in [5.74, 6) is 0.580. The Hall–Kier alpha value is -0.980. The van der Waals surface area contributed by atoms with Crippen LogP contribution < -0.4 is 0 Å². The van der Waals surface area contributed by atoms with E-state index < -0.39 is 0 Å². The summed E-state index contributed by atoms with van der Waals surface area (Å²) < 4.78 is 10.8. The fraction of sp³-hybridized carbons (Fsp3) is 0.857. The van der Waals surface area contributed by atoms with Crippen molar-refractivity contribution in [1.82, 2.24) is 9.80 Å². The average molecular weight is 282 g/mol. The lowest BCUT2D eigenvalue weighted by molar-refractivity contribution is -0.144. The van der Waals surface area contributed by atoms with Gasteiger partial charge in [0.15, 0.2) is 5.78 Å². The SMILES string of the molecule is O=C(C1CC1)C1CN(CC(=O)N2CCOCC2)CCO1. The van der Waals surface area contributed by atoms with Gasteiger partial charge in [-0.25, -0.2) is 0 Å². The first kappa shape index (κ1) is 14.0. The molecule has 1 aliphatic carbocycles. The van der Waals surface area contributed by atoms with Gasteiger partial charge in [-0.3, -0.25) is 14.5 Å². The number of carbonyl (C=O) groups is 2. The van der Waals surface area contributed by atoms with Crippen LogP contribution >= 0.6 is 0 Å². The van der Waals surface area contributed by atoms with E-state index in [2.05, 4.69) is 0 Å². The number of ketones is 1. The van der Waals surface area contributed by atoms with E-state index in [1.807, 2.05) is 9.80 Å². The molecule has 3 aliphatic rings. The molecule has 112 valence electrons. The third kappa shape index (κ3) is 3.37. The summed E-state index contributed by atoms with van der Waals surface area (Å²) in [7, 11) is 0. The molecule has 0 radical (unpaired) electrons. The quantitative estimate of drug-likeness (QED) is 0.697. The van der Waals surface area contributed by atoms with E-state index in [0.717, 1.165) is 19.4 Å². The van der Waals surface area contributed by atoms with Crippen molar-refractivity contribution in [2.75, 3.05) is 52.5 Å². The van der Waals surface area contributed by atoms with Crippen LogP contribution in [-0.4, -0.2) is 80.1 Å². The lowest BCUT2D eigenvalue weighted by Crippen LogP contribution is -2.51. The largest absolute Gasteiger partial charge is 0.378 e. The predicted molar refractivity (Wildman–Crippen MR) is 71.3 cm³/mol. The Balaban J connectivity index is 1.48. The Morgan fingerprint density at radius 3 is 2.50 bits per heavy atom. The minimum atomic E-state index is -0.325.